The van der Waals surface area contributed by atoms with Crippen LogP contribution >= 0.6 is 23.1 Å². The Kier molecular flexibility index (Phi) is 6.02. The van der Waals surface area contributed by atoms with Crippen molar-refractivity contribution in [3.63, 3.8) is 0 Å². The van der Waals surface area contributed by atoms with Crippen LogP contribution in [0.4, 0.5) is 10.8 Å². The van der Waals surface area contributed by atoms with Gasteiger partial charge in [0.05, 0.1) is 11.9 Å². The van der Waals surface area contributed by atoms with Gasteiger partial charge in [-0.15, -0.1) is 10.2 Å². The Bertz CT molecular complexity index is 616. The average molecular weight is 338 g/mol. The highest BCUT2D eigenvalue weighted by Gasteiger charge is 2.20. The summed E-state index contributed by atoms with van der Waals surface area (Å²) in [4.78, 5) is 12.3. The van der Waals surface area contributed by atoms with Crippen molar-refractivity contribution in [3.8, 4) is 5.75 Å². The number of carbonyl (C=O) groups excluding carboxylic acids is 1. The second-order valence-electron chi connectivity index (χ2n) is 4.37. The predicted octanol–water partition coefficient (Wildman–Crippen LogP) is 3.03. The SMILES string of the molecule is CCOc1ccc(NC(=O)C(CC)Sc2nnc(N)s2)cc1. The summed E-state index contributed by atoms with van der Waals surface area (Å²) in [6.07, 6.45) is 0.688. The van der Waals surface area contributed by atoms with E-state index in [9.17, 15) is 4.79 Å². The fourth-order valence-electron chi connectivity index (χ4n) is 1.74. The van der Waals surface area contributed by atoms with Crippen LogP contribution in [0.3, 0.4) is 0 Å². The summed E-state index contributed by atoms with van der Waals surface area (Å²) in [7, 11) is 0. The van der Waals surface area contributed by atoms with E-state index in [4.69, 9.17) is 10.5 Å². The van der Waals surface area contributed by atoms with E-state index >= 15 is 0 Å². The summed E-state index contributed by atoms with van der Waals surface area (Å²) >= 11 is 2.66. The molecule has 2 rings (SSSR count). The smallest absolute Gasteiger partial charge is 0.237 e. The Hall–Kier alpha value is -1.80. The van der Waals surface area contributed by atoms with Crippen molar-refractivity contribution in [2.24, 2.45) is 0 Å². The van der Waals surface area contributed by atoms with Gasteiger partial charge in [0.2, 0.25) is 11.0 Å². The van der Waals surface area contributed by atoms with E-state index in [1.165, 1.54) is 23.1 Å². The normalized spacial score (nSPS) is 11.9. The standard InChI is InChI=1S/C14H18N4O2S2/c1-3-11(21-14-18-17-13(15)22-14)12(19)16-9-5-7-10(8-6-9)20-4-2/h5-8,11H,3-4H2,1-2H3,(H2,15,17)(H,16,19). The van der Waals surface area contributed by atoms with E-state index in [1.54, 1.807) is 0 Å². The molecule has 0 aliphatic rings. The fraction of sp³-hybridized carbons (Fsp3) is 0.357. The van der Waals surface area contributed by atoms with Crippen LogP contribution in [-0.4, -0.2) is 28.0 Å². The summed E-state index contributed by atoms with van der Waals surface area (Å²) in [5, 5.41) is 10.8. The first kappa shape index (κ1) is 16.6. The van der Waals surface area contributed by atoms with Crippen molar-refractivity contribution < 1.29 is 9.53 Å². The summed E-state index contributed by atoms with van der Waals surface area (Å²) in [6.45, 7) is 4.50. The van der Waals surface area contributed by atoms with Crippen LogP contribution in [0.2, 0.25) is 0 Å². The minimum Gasteiger partial charge on any atom is -0.494 e. The number of benzene rings is 1. The lowest BCUT2D eigenvalue weighted by Gasteiger charge is -2.13. The largest absolute Gasteiger partial charge is 0.494 e. The van der Waals surface area contributed by atoms with Crippen LogP contribution in [0.5, 0.6) is 5.75 Å². The molecule has 0 radical (unpaired) electrons. The number of anilines is 2. The van der Waals surface area contributed by atoms with Gasteiger partial charge in [-0.25, -0.2) is 0 Å². The number of nitrogens with one attached hydrogen (secondary N) is 1. The Morgan fingerprint density at radius 3 is 2.64 bits per heavy atom. The number of hydrogen-bond donors (Lipinski definition) is 2. The number of aromatic nitrogens is 2. The van der Waals surface area contributed by atoms with Crippen molar-refractivity contribution in [2.75, 3.05) is 17.7 Å². The molecule has 118 valence electrons. The van der Waals surface area contributed by atoms with Gasteiger partial charge in [0.15, 0.2) is 4.34 Å². The molecule has 0 aliphatic heterocycles. The van der Waals surface area contributed by atoms with Crippen LogP contribution in [0.25, 0.3) is 0 Å². The van der Waals surface area contributed by atoms with Gasteiger partial charge >= 0.3 is 0 Å². The Morgan fingerprint density at radius 2 is 2.09 bits per heavy atom. The van der Waals surface area contributed by atoms with Crippen molar-refractivity contribution in [1.29, 1.82) is 0 Å². The molecule has 8 heteroatoms. The first-order valence-electron chi connectivity index (χ1n) is 6.91. The van der Waals surface area contributed by atoms with E-state index in [0.29, 0.717) is 22.5 Å². The lowest BCUT2D eigenvalue weighted by atomic mass is 10.2. The highest BCUT2D eigenvalue weighted by molar-refractivity contribution is 8.02. The first-order chi connectivity index (χ1) is 10.6. The molecule has 22 heavy (non-hydrogen) atoms. The molecule has 1 aromatic carbocycles. The summed E-state index contributed by atoms with van der Waals surface area (Å²) in [5.41, 5.74) is 6.29. The van der Waals surface area contributed by atoms with Crippen LogP contribution < -0.4 is 15.8 Å². The van der Waals surface area contributed by atoms with Crippen molar-refractivity contribution in [2.45, 2.75) is 29.9 Å². The topological polar surface area (TPSA) is 90.1 Å². The summed E-state index contributed by atoms with van der Waals surface area (Å²) < 4.78 is 6.07. The Morgan fingerprint density at radius 1 is 1.36 bits per heavy atom. The molecule has 1 aromatic heterocycles. The molecule has 0 saturated heterocycles. The molecule has 1 unspecified atom stereocenters. The maximum atomic E-state index is 12.3. The average Bonchev–Trinajstić information content (AvgIpc) is 2.92. The monoisotopic (exact) mass is 338 g/mol. The van der Waals surface area contributed by atoms with E-state index in [0.717, 1.165) is 11.4 Å². The van der Waals surface area contributed by atoms with E-state index in [-0.39, 0.29) is 11.2 Å². The molecule has 3 N–H and O–H groups in total. The highest BCUT2D eigenvalue weighted by Crippen LogP contribution is 2.30. The zero-order valence-corrected chi connectivity index (χ0v) is 14.0. The molecule has 0 spiro atoms. The first-order valence-corrected chi connectivity index (χ1v) is 8.61. The molecule has 1 atom stereocenters. The van der Waals surface area contributed by atoms with Crippen molar-refractivity contribution in [3.05, 3.63) is 24.3 Å². The zero-order chi connectivity index (χ0) is 15.9. The number of carbonyl (C=O) groups is 1. The number of hydrogen-bond acceptors (Lipinski definition) is 7. The van der Waals surface area contributed by atoms with Gasteiger partial charge in [0.1, 0.15) is 5.75 Å². The van der Waals surface area contributed by atoms with Gasteiger partial charge in [-0.2, -0.15) is 0 Å². The van der Waals surface area contributed by atoms with E-state index < -0.39 is 0 Å². The van der Waals surface area contributed by atoms with Gasteiger partial charge < -0.3 is 15.8 Å². The number of ether oxygens (including phenoxy) is 1. The maximum absolute atomic E-state index is 12.3. The lowest BCUT2D eigenvalue weighted by Crippen LogP contribution is -2.24. The molecule has 6 nitrogen and oxygen atoms in total. The number of thioether (sulfide) groups is 1. The van der Waals surface area contributed by atoms with E-state index in [1.807, 2.05) is 38.1 Å². The second kappa shape index (κ2) is 8.00. The fourth-order valence-corrected chi connectivity index (χ4v) is 3.54. The van der Waals surface area contributed by atoms with Crippen LogP contribution in [0.1, 0.15) is 20.3 Å². The third-order valence-corrected chi connectivity index (χ3v) is 4.96. The molecule has 1 heterocycles. The Balaban J connectivity index is 1.96. The van der Waals surface area contributed by atoms with E-state index in [2.05, 4.69) is 15.5 Å². The van der Waals surface area contributed by atoms with Gasteiger partial charge in [-0.1, -0.05) is 30.0 Å². The summed E-state index contributed by atoms with van der Waals surface area (Å²) in [6, 6.07) is 7.31. The number of nitrogens with zero attached hydrogens (tertiary/aromatic N) is 2. The van der Waals surface area contributed by atoms with Crippen LogP contribution in [0.15, 0.2) is 28.6 Å². The number of nitrogens with two attached hydrogens (primary N) is 1. The third-order valence-electron chi connectivity index (χ3n) is 2.76. The van der Waals surface area contributed by atoms with Gasteiger partial charge in [-0.05, 0) is 37.6 Å². The van der Waals surface area contributed by atoms with Crippen LogP contribution in [0, 0.1) is 0 Å². The zero-order valence-electron chi connectivity index (χ0n) is 12.4. The van der Waals surface area contributed by atoms with Crippen molar-refractivity contribution >= 4 is 39.8 Å². The number of amides is 1. The van der Waals surface area contributed by atoms with Crippen molar-refractivity contribution in [1.82, 2.24) is 10.2 Å². The number of nitrogen functional groups attached to an aromatic ring is 1. The molecule has 0 aliphatic carbocycles. The lowest BCUT2D eigenvalue weighted by molar-refractivity contribution is -0.115. The Labute approximate surface area is 137 Å². The minimum atomic E-state index is -0.237. The predicted molar refractivity (Wildman–Crippen MR) is 90.5 cm³/mol. The van der Waals surface area contributed by atoms with Gasteiger partial charge in [-0.3, -0.25) is 4.79 Å². The molecule has 0 fully saturated rings. The molecule has 2 aromatic rings. The molecule has 1 amide bonds. The minimum absolute atomic E-state index is 0.0644. The molecular weight excluding hydrogens is 320 g/mol. The van der Waals surface area contributed by atoms with Gasteiger partial charge in [0, 0.05) is 5.69 Å². The maximum Gasteiger partial charge on any atom is 0.237 e. The molecule has 0 saturated carbocycles. The second-order valence-corrected chi connectivity index (χ2v) is 6.83. The van der Waals surface area contributed by atoms with Crippen LogP contribution in [-0.2, 0) is 4.79 Å². The van der Waals surface area contributed by atoms with Gasteiger partial charge in [0.25, 0.3) is 0 Å². The summed E-state index contributed by atoms with van der Waals surface area (Å²) in [5.74, 6) is 0.719. The number of rotatable bonds is 7. The molecular formula is C14H18N4O2S2. The quantitative estimate of drug-likeness (QED) is 0.754. The highest BCUT2D eigenvalue weighted by atomic mass is 32.2. The molecule has 0 bridgehead atoms. The third kappa shape index (κ3) is 4.60.